The van der Waals surface area contributed by atoms with Crippen molar-refractivity contribution >= 4 is 17.4 Å². The summed E-state index contributed by atoms with van der Waals surface area (Å²) in [6.07, 6.45) is 9.69. The number of nitrogens with zero attached hydrogens (tertiary/aromatic N) is 6. The van der Waals surface area contributed by atoms with Gasteiger partial charge in [-0.05, 0) is 75.5 Å². The van der Waals surface area contributed by atoms with Crippen molar-refractivity contribution in [3.63, 3.8) is 0 Å². The van der Waals surface area contributed by atoms with Gasteiger partial charge in [0.1, 0.15) is 11.4 Å². The first-order valence-corrected chi connectivity index (χ1v) is 11.6. The molecule has 1 aliphatic carbocycles. The van der Waals surface area contributed by atoms with Gasteiger partial charge in [0.25, 0.3) is 5.91 Å². The third-order valence-corrected chi connectivity index (χ3v) is 6.82. The smallest absolute Gasteiger partial charge is 0.262 e. The highest BCUT2D eigenvalue weighted by Gasteiger charge is 2.25. The molecule has 0 unspecified atom stereocenters. The summed E-state index contributed by atoms with van der Waals surface area (Å²) in [5.41, 5.74) is 4.33. The molecule has 6 rings (SSSR count). The largest absolute Gasteiger partial charge is 0.306 e. The molecular formula is C25H27N7O. The molecule has 0 spiro atoms. The van der Waals surface area contributed by atoms with Gasteiger partial charge in [-0.25, -0.2) is 14.2 Å². The average molecular weight is 442 g/mol. The fourth-order valence-electron chi connectivity index (χ4n) is 4.66. The summed E-state index contributed by atoms with van der Waals surface area (Å²) in [5, 5.41) is 12.3. The lowest BCUT2D eigenvalue weighted by atomic mass is 9.94. The Morgan fingerprint density at radius 1 is 1.06 bits per heavy atom. The van der Waals surface area contributed by atoms with E-state index in [1.54, 1.807) is 29.2 Å². The van der Waals surface area contributed by atoms with Gasteiger partial charge in [0.05, 0.1) is 17.6 Å². The number of benzene rings is 1. The Morgan fingerprint density at radius 2 is 1.85 bits per heavy atom. The van der Waals surface area contributed by atoms with Crippen LogP contribution in [0.3, 0.4) is 0 Å². The number of nitrogens with one attached hydrogen (secondary N) is 1. The maximum atomic E-state index is 13.2. The van der Waals surface area contributed by atoms with Crippen LogP contribution >= 0.6 is 0 Å². The molecule has 33 heavy (non-hydrogen) atoms. The van der Waals surface area contributed by atoms with Crippen molar-refractivity contribution in [1.82, 2.24) is 29.3 Å². The third-order valence-electron chi connectivity index (χ3n) is 6.82. The first-order chi connectivity index (χ1) is 16.2. The Kier molecular flexibility index (Phi) is 4.95. The summed E-state index contributed by atoms with van der Waals surface area (Å²) < 4.78 is 3.47. The average Bonchev–Trinajstić information content (AvgIpc) is 3.47. The molecule has 1 aromatic carbocycles. The molecule has 1 saturated heterocycles. The molecule has 3 aromatic heterocycles. The van der Waals surface area contributed by atoms with Crippen LogP contribution in [-0.2, 0) is 0 Å². The number of piperidine rings is 1. The summed E-state index contributed by atoms with van der Waals surface area (Å²) in [4.78, 5) is 19.9. The van der Waals surface area contributed by atoms with Crippen LogP contribution in [-0.4, -0.2) is 55.3 Å². The summed E-state index contributed by atoms with van der Waals surface area (Å²) in [6.45, 7) is 2.12. The first-order valence-electron chi connectivity index (χ1n) is 11.6. The predicted molar refractivity (Wildman–Crippen MR) is 126 cm³/mol. The van der Waals surface area contributed by atoms with Crippen LogP contribution in [0.1, 0.15) is 59.1 Å². The molecule has 0 bridgehead atoms. The number of anilines is 1. The summed E-state index contributed by atoms with van der Waals surface area (Å²) in [5.74, 6) is 1.52. The van der Waals surface area contributed by atoms with Crippen molar-refractivity contribution in [3.05, 3.63) is 71.8 Å². The molecule has 8 nitrogen and oxygen atoms in total. The highest BCUT2D eigenvalue weighted by atomic mass is 16.1. The monoisotopic (exact) mass is 441 g/mol. The number of aromatic nitrogens is 5. The predicted octanol–water partition coefficient (Wildman–Crippen LogP) is 3.85. The summed E-state index contributed by atoms with van der Waals surface area (Å²) in [7, 11) is 2.16. The molecule has 168 valence electrons. The molecule has 2 fully saturated rings. The highest BCUT2D eigenvalue weighted by molar-refractivity contribution is 6.07. The molecule has 1 aliphatic heterocycles. The van der Waals surface area contributed by atoms with Crippen molar-refractivity contribution in [2.45, 2.75) is 37.5 Å². The fraction of sp³-hybridized carbons (Fsp3) is 0.360. The molecule has 2 aliphatic rings. The number of carbonyl (C=O) groups is 1. The lowest BCUT2D eigenvalue weighted by Gasteiger charge is -2.27. The maximum absolute atomic E-state index is 13.2. The van der Waals surface area contributed by atoms with Gasteiger partial charge < -0.3 is 10.2 Å². The van der Waals surface area contributed by atoms with E-state index in [0.717, 1.165) is 37.3 Å². The maximum Gasteiger partial charge on any atom is 0.262 e. The van der Waals surface area contributed by atoms with Crippen LogP contribution < -0.4 is 5.32 Å². The van der Waals surface area contributed by atoms with Crippen LogP contribution in [0.2, 0.25) is 0 Å². The van der Waals surface area contributed by atoms with Crippen molar-refractivity contribution in [3.8, 4) is 5.69 Å². The van der Waals surface area contributed by atoms with Crippen LogP contribution in [0.4, 0.5) is 5.82 Å². The van der Waals surface area contributed by atoms with Crippen LogP contribution in [0.25, 0.3) is 11.3 Å². The number of rotatable bonds is 5. The lowest BCUT2D eigenvalue weighted by Crippen LogP contribution is -2.29. The molecule has 4 aromatic rings. The quantitative estimate of drug-likeness (QED) is 0.509. The lowest BCUT2D eigenvalue weighted by molar-refractivity contribution is 0.102. The third kappa shape index (κ3) is 3.91. The molecule has 4 heterocycles. The molecular weight excluding hydrogens is 414 g/mol. The van der Waals surface area contributed by atoms with Crippen LogP contribution in [0.5, 0.6) is 0 Å². The molecule has 1 saturated carbocycles. The first kappa shape index (κ1) is 20.1. The Morgan fingerprint density at radius 3 is 2.61 bits per heavy atom. The minimum atomic E-state index is -0.241. The van der Waals surface area contributed by atoms with Gasteiger partial charge in [-0.3, -0.25) is 4.79 Å². The van der Waals surface area contributed by atoms with E-state index in [0.29, 0.717) is 28.9 Å². The second-order valence-electron chi connectivity index (χ2n) is 9.21. The van der Waals surface area contributed by atoms with Gasteiger partial charge >= 0.3 is 0 Å². The van der Waals surface area contributed by atoms with E-state index >= 15 is 0 Å². The molecule has 0 radical (unpaired) electrons. The Labute approximate surface area is 192 Å². The number of hydrogen-bond donors (Lipinski definition) is 1. The summed E-state index contributed by atoms with van der Waals surface area (Å²) >= 11 is 0. The van der Waals surface area contributed by atoms with E-state index in [1.807, 2.05) is 10.7 Å². The molecule has 1 N–H and O–H groups in total. The number of likely N-dealkylation sites (tertiary alicyclic amines) is 1. The zero-order valence-electron chi connectivity index (χ0n) is 18.7. The Hall–Kier alpha value is -3.52. The zero-order chi connectivity index (χ0) is 22.4. The van der Waals surface area contributed by atoms with E-state index in [4.69, 9.17) is 5.10 Å². The van der Waals surface area contributed by atoms with Gasteiger partial charge in [0.2, 0.25) is 0 Å². The second kappa shape index (κ2) is 8.12. The van der Waals surface area contributed by atoms with Crippen LogP contribution in [0.15, 0.2) is 55.0 Å². The minimum absolute atomic E-state index is 0.241. The molecule has 1 amide bonds. The van der Waals surface area contributed by atoms with Gasteiger partial charge in [0, 0.05) is 24.4 Å². The van der Waals surface area contributed by atoms with Crippen LogP contribution in [0, 0.1) is 0 Å². The number of carbonyl (C=O) groups excluding carboxylic acids is 1. The minimum Gasteiger partial charge on any atom is -0.306 e. The zero-order valence-corrected chi connectivity index (χ0v) is 18.7. The van der Waals surface area contributed by atoms with Gasteiger partial charge in [-0.2, -0.15) is 10.2 Å². The Bertz CT molecular complexity index is 1290. The number of hydrogen-bond acceptors (Lipinski definition) is 5. The van der Waals surface area contributed by atoms with E-state index in [1.165, 1.54) is 18.4 Å². The van der Waals surface area contributed by atoms with Crippen molar-refractivity contribution in [2.75, 3.05) is 25.5 Å². The van der Waals surface area contributed by atoms with Crippen molar-refractivity contribution in [1.29, 1.82) is 0 Å². The van der Waals surface area contributed by atoms with Gasteiger partial charge in [0.15, 0.2) is 5.65 Å². The second-order valence-corrected chi connectivity index (χ2v) is 9.21. The van der Waals surface area contributed by atoms with Gasteiger partial charge in [-0.15, -0.1) is 0 Å². The Balaban J connectivity index is 1.34. The van der Waals surface area contributed by atoms with Crippen molar-refractivity contribution in [2.24, 2.45) is 0 Å². The normalized spacial score (nSPS) is 17.5. The highest BCUT2D eigenvalue weighted by Crippen LogP contribution is 2.40. The molecule has 8 heteroatoms. The molecule has 0 atom stereocenters. The van der Waals surface area contributed by atoms with E-state index in [2.05, 4.69) is 51.6 Å². The van der Waals surface area contributed by atoms with E-state index in [-0.39, 0.29) is 5.91 Å². The van der Waals surface area contributed by atoms with E-state index in [9.17, 15) is 4.79 Å². The summed E-state index contributed by atoms with van der Waals surface area (Å²) in [6, 6.07) is 12.4. The SMILES string of the molecule is CN1CCC(c2cc(NC(=O)c3cnn4cccnc34)n(-c3ccc(C4CC4)cc3)n2)CC1. The van der Waals surface area contributed by atoms with Crippen molar-refractivity contribution < 1.29 is 4.79 Å². The van der Waals surface area contributed by atoms with Gasteiger partial charge in [-0.1, -0.05) is 12.1 Å². The van der Waals surface area contributed by atoms with E-state index < -0.39 is 0 Å². The standard InChI is InChI=1S/C25H27N7O/c1-30-13-9-19(10-14-30)22-15-23(28-25(33)21-16-27-31-12-2-11-26-24(21)31)32(29-22)20-7-5-18(6-8-20)17-3-4-17/h2,5-8,11-12,15-17,19H,3-4,9-10,13-14H2,1H3,(H,28,33). The number of fused-ring (bicyclic) bond motifs is 1. The number of amides is 1. The topological polar surface area (TPSA) is 80.4 Å². The fourth-order valence-corrected chi connectivity index (χ4v) is 4.66.